The number of aryl methyl sites for hydroxylation is 1. The number of hydrogen-bond acceptors (Lipinski definition) is 6. The molecule has 0 bridgehead atoms. The molecule has 2 heterocycles. The topological polar surface area (TPSA) is 114 Å². The van der Waals surface area contributed by atoms with Gasteiger partial charge in [0.05, 0.1) is 29.4 Å². The summed E-state index contributed by atoms with van der Waals surface area (Å²) in [5.74, 6) is 0.0175. The number of carbonyl (C=O) groups is 1. The highest BCUT2D eigenvalue weighted by Gasteiger charge is 2.17. The highest BCUT2D eigenvalue weighted by molar-refractivity contribution is 7.89. The first kappa shape index (κ1) is 18.7. The van der Waals surface area contributed by atoms with E-state index in [1.165, 1.54) is 18.2 Å². The molecule has 0 spiro atoms. The van der Waals surface area contributed by atoms with Crippen molar-refractivity contribution in [1.82, 2.24) is 20.2 Å². The fourth-order valence-corrected chi connectivity index (χ4v) is 3.37. The first-order chi connectivity index (χ1) is 12.9. The number of sulfonamides is 1. The highest BCUT2D eigenvalue weighted by Crippen LogP contribution is 2.13. The molecular formula is C18H18N4O4S. The third-order valence-corrected chi connectivity index (χ3v) is 5.07. The van der Waals surface area contributed by atoms with Crippen LogP contribution >= 0.6 is 0 Å². The van der Waals surface area contributed by atoms with Gasteiger partial charge in [-0.2, -0.15) is 0 Å². The van der Waals surface area contributed by atoms with Crippen LogP contribution in [0.5, 0.6) is 0 Å². The Hall–Kier alpha value is -3.04. The zero-order chi connectivity index (χ0) is 19.3. The molecule has 1 aromatic carbocycles. The van der Waals surface area contributed by atoms with E-state index in [4.69, 9.17) is 4.52 Å². The average molecular weight is 386 g/mol. The van der Waals surface area contributed by atoms with Gasteiger partial charge in [0.1, 0.15) is 0 Å². The Labute approximate surface area is 156 Å². The molecule has 2 N–H and O–H groups in total. The van der Waals surface area contributed by atoms with Crippen molar-refractivity contribution in [2.75, 3.05) is 0 Å². The molecule has 0 aliphatic carbocycles. The van der Waals surface area contributed by atoms with Crippen LogP contribution in [0.25, 0.3) is 0 Å². The van der Waals surface area contributed by atoms with E-state index in [1.54, 1.807) is 37.4 Å². The van der Waals surface area contributed by atoms with Crippen molar-refractivity contribution in [2.45, 2.75) is 24.9 Å². The van der Waals surface area contributed by atoms with E-state index in [2.05, 4.69) is 20.2 Å². The summed E-state index contributed by atoms with van der Waals surface area (Å²) in [5.41, 5.74) is 1.61. The molecule has 0 saturated carbocycles. The standard InChI is InChI=1S/C18H18N4O4S/c1-13-9-16(26-22-13)12-21-27(24,25)17-7-4-5-14(10-17)18(23)20-11-15-6-2-3-8-19-15/h2-10,21H,11-12H2,1H3,(H,20,23). The average Bonchev–Trinajstić information content (AvgIpc) is 3.11. The van der Waals surface area contributed by atoms with Crippen molar-refractivity contribution in [1.29, 1.82) is 0 Å². The van der Waals surface area contributed by atoms with Gasteiger partial charge in [0.25, 0.3) is 5.91 Å². The quantitative estimate of drug-likeness (QED) is 0.640. The molecule has 140 valence electrons. The number of nitrogens with zero attached hydrogens (tertiary/aromatic N) is 2. The van der Waals surface area contributed by atoms with Gasteiger partial charge in [0.2, 0.25) is 10.0 Å². The summed E-state index contributed by atoms with van der Waals surface area (Å²) in [5, 5.41) is 6.42. The Balaban J connectivity index is 1.67. The van der Waals surface area contributed by atoms with Crippen LogP contribution in [0.1, 0.15) is 27.5 Å². The molecule has 0 atom stereocenters. The molecule has 0 saturated heterocycles. The molecular weight excluding hydrogens is 368 g/mol. The Morgan fingerprint density at radius 2 is 1.96 bits per heavy atom. The summed E-state index contributed by atoms with van der Waals surface area (Å²) in [6.07, 6.45) is 1.64. The smallest absolute Gasteiger partial charge is 0.251 e. The SMILES string of the molecule is Cc1cc(CNS(=O)(=O)c2cccc(C(=O)NCc3ccccn3)c2)on1. The number of carbonyl (C=O) groups excluding carboxylic acids is 1. The van der Waals surface area contributed by atoms with E-state index in [0.29, 0.717) is 17.1 Å². The fourth-order valence-electron chi connectivity index (χ4n) is 2.33. The predicted octanol–water partition coefficient (Wildman–Crippen LogP) is 1.79. The first-order valence-electron chi connectivity index (χ1n) is 8.14. The minimum Gasteiger partial charge on any atom is -0.360 e. The number of amides is 1. The number of hydrogen-bond donors (Lipinski definition) is 2. The van der Waals surface area contributed by atoms with Crippen LogP contribution in [0.15, 0.2) is 64.1 Å². The van der Waals surface area contributed by atoms with E-state index >= 15 is 0 Å². The molecule has 8 nitrogen and oxygen atoms in total. The summed E-state index contributed by atoms with van der Waals surface area (Å²) in [7, 11) is -3.80. The third-order valence-electron chi connectivity index (χ3n) is 3.68. The van der Waals surface area contributed by atoms with Gasteiger partial charge < -0.3 is 9.84 Å². The van der Waals surface area contributed by atoms with Crippen molar-refractivity contribution in [3.05, 3.63) is 77.4 Å². The van der Waals surface area contributed by atoms with E-state index in [1.807, 2.05) is 6.07 Å². The van der Waals surface area contributed by atoms with Crippen molar-refractivity contribution in [2.24, 2.45) is 0 Å². The van der Waals surface area contributed by atoms with Crippen molar-refractivity contribution >= 4 is 15.9 Å². The van der Waals surface area contributed by atoms with Crippen LogP contribution in [-0.2, 0) is 23.1 Å². The monoisotopic (exact) mass is 386 g/mol. The van der Waals surface area contributed by atoms with Gasteiger partial charge in [-0.25, -0.2) is 13.1 Å². The molecule has 9 heteroatoms. The summed E-state index contributed by atoms with van der Waals surface area (Å²) in [6.45, 7) is 1.97. The molecule has 0 radical (unpaired) electrons. The zero-order valence-corrected chi connectivity index (χ0v) is 15.4. The van der Waals surface area contributed by atoms with E-state index in [9.17, 15) is 13.2 Å². The summed E-state index contributed by atoms with van der Waals surface area (Å²) in [6, 6.07) is 12.8. The van der Waals surface area contributed by atoms with Crippen molar-refractivity contribution in [3.63, 3.8) is 0 Å². The lowest BCUT2D eigenvalue weighted by Gasteiger charge is -2.08. The maximum atomic E-state index is 12.5. The summed E-state index contributed by atoms with van der Waals surface area (Å²) < 4.78 is 32.3. The first-order valence-corrected chi connectivity index (χ1v) is 9.62. The molecule has 3 rings (SSSR count). The Bertz CT molecular complexity index is 1030. The fraction of sp³-hybridized carbons (Fsp3) is 0.167. The van der Waals surface area contributed by atoms with Crippen LogP contribution in [0, 0.1) is 6.92 Å². The maximum Gasteiger partial charge on any atom is 0.251 e. The van der Waals surface area contributed by atoms with E-state index in [-0.39, 0.29) is 29.5 Å². The van der Waals surface area contributed by atoms with Crippen LogP contribution in [0.2, 0.25) is 0 Å². The van der Waals surface area contributed by atoms with Crippen LogP contribution in [0.4, 0.5) is 0 Å². The van der Waals surface area contributed by atoms with E-state index in [0.717, 1.165) is 0 Å². The Kier molecular flexibility index (Phi) is 5.63. The lowest BCUT2D eigenvalue weighted by atomic mass is 10.2. The molecule has 0 fully saturated rings. The zero-order valence-electron chi connectivity index (χ0n) is 14.5. The predicted molar refractivity (Wildman–Crippen MR) is 97.1 cm³/mol. The molecule has 0 aliphatic rings. The second kappa shape index (κ2) is 8.11. The largest absolute Gasteiger partial charge is 0.360 e. The summed E-state index contributed by atoms with van der Waals surface area (Å²) >= 11 is 0. The van der Waals surface area contributed by atoms with Crippen molar-refractivity contribution in [3.8, 4) is 0 Å². The van der Waals surface area contributed by atoms with Gasteiger partial charge in [-0.05, 0) is 37.3 Å². The molecule has 3 aromatic rings. The lowest BCUT2D eigenvalue weighted by Crippen LogP contribution is -2.25. The van der Waals surface area contributed by atoms with Crippen LogP contribution < -0.4 is 10.0 Å². The van der Waals surface area contributed by atoms with Crippen molar-refractivity contribution < 1.29 is 17.7 Å². The van der Waals surface area contributed by atoms with Crippen LogP contribution in [-0.4, -0.2) is 24.5 Å². The lowest BCUT2D eigenvalue weighted by molar-refractivity contribution is 0.0950. The molecule has 0 unspecified atom stereocenters. The van der Waals surface area contributed by atoms with Gasteiger partial charge in [0, 0.05) is 17.8 Å². The van der Waals surface area contributed by atoms with E-state index < -0.39 is 10.0 Å². The minimum absolute atomic E-state index is 0.00998. The molecule has 2 aromatic heterocycles. The minimum atomic E-state index is -3.80. The summed E-state index contributed by atoms with van der Waals surface area (Å²) in [4.78, 5) is 16.4. The van der Waals surface area contributed by atoms with Gasteiger partial charge in [-0.1, -0.05) is 17.3 Å². The maximum absolute atomic E-state index is 12.5. The van der Waals surface area contributed by atoms with Crippen LogP contribution in [0.3, 0.4) is 0 Å². The third kappa shape index (κ3) is 4.99. The number of aromatic nitrogens is 2. The number of pyridine rings is 1. The molecule has 27 heavy (non-hydrogen) atoms. The second-order valence-electron chi connectivity index (χ2n) is 5.79. The molecule has 0 aliphatic heterocycles. The van der Waals surface area contributed by atoms with Gasteiger partial charge in [0.15, 0.2) is 5.76 Å². The second-order valence-corrected chi connectivity index (χ2v) is 7.56. The number of nitrogens with one attached hydrogen (secondary N) is 2. The van der Waals surface area contributed by atoms with Gasteiger partial charge >= 0.3 is 0 Å². The Morgan fingerprint density at radius 1 is 1.11 bits per heavy atom. The Morgan fingerprint density at radius 3 is 2.67 bits per heavy atom. The van der Waals surface area contributed by atoms with Gasteiger partial charge in [-0.15, -0.1) is 0 Å². The highest BCUT2D eigenvalue weighted by atomic mass is 32.2. The normalized spacial score (nSPS) is 11.3. The number of benzene rings is 1. The number of rotatable bonds is 7. The molecule has 1 amide bonds. The van der Waals surface area contributed by atoms with Gasteiger partial charge in [-0.3, -0.25) is 9.78 Å².